The SMILES string of the molecule is COCCOc1ccc(CCCOC(=O)NS(=O)(=O)NCCc2ccccn2)c(Oc2ncc(C(F)(F)F)cc2Cl)c1. The maximum absolute atomic E-state index is 13.0. The number of hydrogen-bond acceptors (Lipinski definition) is 9. The molecule has 0 aliphatic heterocycles. The van der Waals surface area contributed by atoms with Crippen LogP contribution >= 0.6 is 11.6 Å². The van der Waals surface area contributed by atoms with Gasteiger partial charge in [0.25, 0.3) is 0 Å². The molecule has 228 valence electrons. The molecular weight excluding hydrogens is 605 g/mol. The number of ether oxygens (including phenoxy) is 4. The maximum Gasteiger partial charge on any atom is 0.421 e. The van der Waals surface area contributed by atoms with E-state index in [9.17, 15) is 26.4 Å². The fraction of sp³-hybridized carbons (Fsp3) is 0.346. The largest absolute Gasteiger partial charge is 0.491 e. The highest BCUT2D eigenvalue weighted by atomic mass is 35.5. The molecule has 0 aliphatic carbocycles. The quantitative estimate of drug-likeness (QED) is 0.228. The molecular formula is C26H28ClF3N4O7S. The average Bonchev–Trinajstić information content (AvgIpc) is 2.93. The summed E-state index contributed by atoms with van der Waals surface area (Å²) in [6, 6.07) is 10.8. The van der Waals surface area contributed by atoms with E-state index in [1.165, 1.54) is 13.2 Å². The van der Waals surface area contributed by atoms with Gasteiger partial charge in [-0.2, -0.15) is 26.3 Å². The molecule has 2 N–H and O–H groups in total. The number of methoxy groups -OCH3 is 1. The molecule has 0 bridgehead atoms. The van der Waals surface area contributed by atoms with Crippen molar-refractivity contribution < 1.29 is 45.3 Å². The number of carbonyl (C=O) groups is 1. The van der Waals surface area contributed by atoms with Gasteiger partial charge >= 0.3 is 22.5 Å². The number of nitrogens with one attached hydrogen (secondary N) is 2. The second-order valence-corrected chi connectivity index (χ2v) is 10.4. The predicted octanol–water partition coefficient (Wildman–Crippen LogP) is 4.70. The van der Waals surface area contributed by atoms with E-state index in [-0.39, 0.29) is 49.3 Å². The number of pyridine rings is 2. The number of carbonyl (C=O) groups excluding carboxylic acids is 1. The van der Waals surface area contributed by atoms with Crippen LogP contribution in [0.1, 0.15) is 23.2 Å². The summed E-state index contributed by atoms with van der Waals surface area (Å²) in [5, 5.41) is -0.351. The van der Waals surface area contributed by atoms with Crippen LogP contribution in [-0.2, 0) is 38.7 Å². The van der Waals surface area contributed by atoms with Crippen molar-refractivity contribution in [1.82, 2.24) is 19.4 Å². The topological polar surface area (TPSA) is 138 Å². The zero-order chi connectivity index (χ0) is 30.6. The van der Waals surface area contributed by atoms with Gasteiger partial charge in [-0.3, -0.25) is 4.98 Å². The standard InChI is InChI=1S/C26H28ClF3N4O7S/c1-38-13-14-39-21-8-7-18(23(16-21)41-24-22(27)15-19(17-32-24)26(28,29)30)5-4-12-40-25(35)34-42(36,37)33-11-9-20-6-2-3-10-31-20/h2-3,6-8,10,15-17,33H,4-5,9,11-14H2,1H3,(H,34,35). The molecule has 3 rings (SSSR count). The Bertz CT molecular complexity index is 1430. The van der Waals surface area contributed by atoms with Gasteiger partial charge in [-0.1, -0.05) is 23.7 Å². The summed E-state index contributed by atoms with van der Waals surface area (Å²) in [5.41, 5.74) is 0.217. The Morgan fingerprint density at radius 3 is 2.55 bits per heavy atom. The van der Waals surface area contributed by atoms with Crippen molar-refractivity contribution in [1.29, 1.82) is 0 Å². The monoisotopic (exact) mass is 632 g/mol. The van der Waals surface area contributed by atoms with E-state index in [1.807, 2.05) is 0 Å². The first-order valence-electron chi connectivity index (χ1n) is 12.5. The fourth-order valence-corrected chi connectivity index (χ4v) is 4.32. The maximum atomic E-state index is 13.0. The minimum Gasteiger partial charge on any atom is -0.491 e. The van der Waals surface area contributed by atoms with Gasteiger partial charge in [0.15, 0.2) is 0 Å². The van der Waals surface area contributed by atoms with Gasteiger partial charge in [0.1, 0.15) is 23.1 Å². The molecule has 0 unspecified atom stereocenters. The van der Waals surface area contributed by atoms with Gasteiger partial charge in [-0.15, -0.1) is 0 Å². The third kappa shape index (κ3) is 11.0. The van der Waals surface area contributed by atoms with Crippen LogP contribution in [0.2, 0.25) is 5.02 Å². The van der Waals surface area contributed by atoms with E-state index < -0.39 is 28.0 Å². The van der Waals surface area contributed by atoms with Crippen LogP contribution in [0, 0.1) is 0 Å². The Morgan fingerprint density at radius 1 is 1.05 bits per heavy atom. The zero-order valence-corrected chi connectivity index (χ0v) is 23.9. The summed E-state index contributed by atoms with van der Waals surface area (Å²) in [5.74, 6) is 0.338. The van der Waals surface area contributed by atoms with Crippen molar-refractivity contribution in [2.75, 3.05) is 33.5 Å². The van der Waals surface area contributed by atoms with Crippen LogP contribution in [-0.4, -0.2) is 58.0 Å². The van der Waals surface area contributed by atoms with Gasteiger partial charge in [0, 0.05) is 44.2 Å². The number of aryl methyl sites for hydroxylation is 1. The van der Waals surface area contributed by atoms with Crippen LogP contribution < -0.4 is 18.9 Å². The highest BCUT2D eigenvalue weighted by molar-refractivity contribution is 7.88. The van der Waals surface area contributed by atoms with Gasteiger partial charge in [-0.25, -0.2) is 14.5 Å². The molecule has 11 nitrogen and oxygen atoms in total. The first kappa shape index (κ1) is 32.8. The number of halogens is 4. The van der Waals surface area contributed by atoms with Crippen LogP contribution in [0.25, 0.3) is 0 Å². The summed E-state index contributed by atoms with van der Waals surface area (Å²) < 4.78 is 88.3. The third-order valence-electron chi connectivity index (χ3n) is 5.38. The molecule has 0 saturated carbocycles. The summed E-state index contributed by atoms with van der Waals surface area (Å²) in [4.78, 5) is 19.8. The van der Waals surface area contributed by atoms with E-state index in [0.29, 0.717) is 42.3 Å². The van der Waals surface area contributed by atoms with E-state index in [1.54, 1.807) is 41.3 Å². The van der Waals surface area contributed by atoms with E-state index in [0.717, 1.165) is 0 Å². The Hall–Kier alpha value is -3.66. The average molecular weight is 633 g/mol. The Kier molecular flexibility index (Phi) is 12.2. The molecule has 3 aromatic rings. The van der Waals surface area contributed by atoms with Crippen LogP contribution in [0.15, 0.2) is 54.9 Å². The summed E-state index contributed by atoms with van der Waals surface area (Å²) >= 11 is 6.00. The van der Waals surface area contributed by atoms with Crippen molar-refractivity contribution in [3.8, 4) is 17.4 Å². The molecule has 0 saturated heterocycles. The van der Waals surface area contributed by atoms with Crippen LogP contribution in [0.4, 0.5) is 18.0 Å². The molecule has 2 heterocycles. The molecule has 0 radical (unpaired) electrons. The van der Waals surface area contributed by atoms with E-state index in [2.05, 4.69) is 14.7 Å². The number of hydrogen-bond donors (Lipinski definition) is 2. The summed E-state index contributed by atoms with van der Waals surface area (Å²) in [6.07, 6.45) is -2.77. The smallest absolute Gasteiger partial charge is 0.421 e. The second-order valence-electron chi connectivity index (χ2n) is 8.53. The van der Waals surface area contributed by atoms with Crippen LogP contribution in [0.5, 0.6) is 17.4 Å². The molecule has 16 heteroatoms. The lowest BCUT2D eigenvalue weighted by Gasteiger charge is -2.15. The Balaban J connectivity index is 1.57. The third-order valence-corrected chi connectivity index (χ3v) is 6.67. The molecule has 1 aromatic carbocycles. The van der Waals surface area contributed by atoms with Crippen molar-refractivity contribution in [3.05, 3.63) is 76.7 Å². The number of aromatic nitrogens is 2. The number of benzene rings is 1. The molecule has 0 spiro atoms. The van der Waals surface area contributed by atoms with E-state index in [4.69, 9.17) is 30.5 Å². The fourth-order valence-electron chi connectivity index (χ4n) is 3.39. The summed E-state index contributed by atoms with van der Waals surface area (Å²) in [6.45, 7) is 0.420. The summed E-state index contributed by atoms with van der Waals surface area (Å²) in [7, 11) is -2.64. The van der Waals surface area contributed by atoms with Crippen molar-refractivity contribution in [3.63, 3.8) is 0 Å². The number of rotatable bonds is 15. The number of amides is 1. The first-order valence-corrected chi connectivity index (χ1v) is 14.3. The Labute approximate surface area is 245 Å². The zero-order valence-electron chi connectivity index (χ0n) is 22.3. The lowest BCUT2D eigenvalue weighted by Crippen LogP contribution is -2.41. The molecule has 2 aromatic heterocycles. The minimum absolute atomic E-state index is 0.0192. The lowest BCUT2D eigenvalue weighted by atomic mass is 10.1. The van der Waals surface area contributed by atoms with Gasteiger partial charge in [0.05, 0.1) is 18.8 Å². The Morgan fingerprint density at radius 2 is 1.86 bits per heavy atom. The van der Waals surface area contributed by atoms with E-state index >= 15 is 0 Å². The van der Waals surface area contributed by atoms with Gasteiger partial charge in [0.2, 0.25) is 5.88 Å². The van der Waals surface area contributed by atoms with Crippen molar-refractivity contribution in [2.24, 2.45) is 0 Å². The van der Waals surface area contributed by atoms with Crippen LogP contribution in [0.3, 0.4) is 0 Å². The predicted molar refractivity (Wildman–Crippen MR) is 146 cm³/mol. The number of nitrogens with zero attached hydrogens (tertiary/aromatic N) is 2. The van der Waals surface area contributed by atoms with Gasteiger partial charge in [-0.05, 0) is 42.7 Å². The molecule has 0 aliphatic rings. The second kappa shape index (κ2) is 15.5. The van der Waals surface area contributed by atoms with Crippen molar-refractivity contribution >= 4 is 27.9 Å². The molecule has 42 heavy (non-hydrogen) atoms. The molecule has 0 atom stereocenters. The molecule has 1 amide bonds. The van der Waals surface area contributed by atoms with Crippen molar-refractivity contribution in [2.45, 2.75) is 25.4 Å². The highest BCUT2D eigenvalue weighted by Crippen LogP contribution is 2.36. The minimum atomic E-state index is -4.63. The first-order chi connectivity index (χ1) is 20.0. The molecule has 0 fully saturated rings. The normalized spacial score (nSPS) is 11.6. The highest BCUT2D eigenvalue weighted by Gasteiger charge is 2.32. The van der Waals surface area contributed by atoms with Gasteiger partial charge < -0.3 is 18.9 Å². The lowest BCUT2D eigenvalue weighted by molar-refractivity contribution is -0.137. The number of alkyl halides is 3.